The second kappa shape index (κ2) is 9.12. The number of anilines is 1. The number of imidazole rings is 1. The van der Waals surface area contributed by atoms with E-state index in [1.807, 2.05) is 24.4 Å². The number of rotatable bonds is 7. The molecule has 5 aromatic rings. The predicted octanol–water partition coefficient (Wildman–Crippen LogP) is 5.47. The summed E-state index contributed by atoms with van der Waals surface area (Å²) in [4.78, 5) is 17.0. The molecule has 1 aliphatic rings. The molecule has 1 saturated heterocycles. The Morgan fingerprint density at radius 1 is 0.971 bits per heavy atom. The molecule has 0 amide bonds. The third-order valence-electron chi connectivity index (χ3n) is 7.20. The lowest BCUT2D eigenvalue weighted by atomic mass is 9.99. The molecule has 2 N–H and O–H groups in total. The van der Waals surface area contributed by atoms with Crippen LogP contribution >= 0.6 is 0 Å². The van der Waals surface area contributed by atoms with E-state index >= 15 is 0 Å². The Morgan fingerprint density at radius 3 is 2.57 bits per heavy atom. The van der Waals surface area contributed by atoms with Crippen LogP contribution in [0.5, 0.6) is 0 Å². The molecule has 6 heteroatoms. The fraction of sp³-hybridized carbons (Fsp3) is 0.276. The first-order valence-electron chi connectivity index (χ1n) is 12.5. The number of nitrogens with two attached hydrogens (primary N) is 1. The van der Waals surface area contributed by atoms with Crippen molar-refractivity contribution < 1.29 is 0 Å². The topological polar surface area (TPSA) is 72.3 Å². The Labute approximate surface area is 205 Å². The van der Waals surface area contributed by atoms with Gasteiger partial charge < -0.3 is 10.6 Å². The minimum Gasteiger partial charge on any atom is -0.382 e. The average Bonchev–Trinajstić information content (AvgIpc) is 3.24. The van der Waals surface area contributed by atoms with Gasteiger partial charge in [-0.25, -0.2) is 15.0 Å². The molecule has 0 spiro atoms. The largest absolute Gasteiger partial charge is 0.382 e. The van der Waals surface area contributed by atoms with E-state index in [1.54, 1.807) is 6.20 Å². The quantitative estimate of drug-likeness (QED) is 0.347. The minimum absolute atomic E-state index is 0.503. The number of hydrogen-bond donors (Lipinski definition) is 1. The van der Waals surface area contributed by atoms with Gasteiger partial charge in [-0.1, -0.05) is 61.9 Å². The molecule has 1 fully saturated rings. The van der Waals surface area contributed by atoms with Gasteiger partial charge >= 0.3 is 0 Å². The molecule has 1 atom stereocenters. The zero-order chi connectivity index (χ0) is 23.8. The van der Waals surface area contributed by atoms with Crippen molar-refractivity contribution in [2.45, 2.75) is 26.2 Å². The van der Waals surface area contributed by atoms with E-state index in [9.17, 15) is 0 Å². The molecule has 0 bridgehead atoms. The summed E-state index contributed by atoms with van der Waals surface area (Å²) in [5, 5.41) is 1.10. The molecule has 6 rings (SSSR count). The van der Waals surface area contributed by atoms with Crippen LogP contribution in [0.15, 0.2) is 73.1 Å². The number of pyridine rings is 1. The molecule has 3 aromatic heterocycles. The van der Waals surface area contributed by atoms with Crippen LogP contribution in [0.4, 0.5) is 5.82 Å². The zero-order valence-corrected chi connectivity index (χ0v) is 20.1. The SMILES string of the molecule is CC[C@@H](Cc1nc(-c2ccc3ccc(-c4ccccc4)nc3c2)c2c(N)nccn12)CN1CCC1. The number of likely N-dealkylation sites (tertiary alicyclic amines) is 1. The molecule has 6 nitrogen and oxygen atoms in total. The van der Waals surface area contributed by atoms with Crippen molar-refractivity contribution >= 4 is 22.2 Å². The van der Waals surface area contributed by atoms with Crippen LogP contribution < -0.4 is 5.73 Å². The van der Waals surface area contributed by atoms with Crippen LogP contribution in [-0.4, -0.2) is 43.9 Å². The summed E-state index contributed by atoms with van der Waals surface area (Å²) in [6.45, 7) is 5.84. The Hall–Kier alpha value is -3.77. The first-order chi connectivity index (χ1) is 17.2. The van der Waals surface area contributed by atoms with Gasteiger partial charge in [0, 0.05) is 41.9 Å². The number of hydrogen-bond acceptors (Lipinski definition) is 5. The molecule has 35 heavy (non-hydrogen) atoms. The van der Waals surface area contributed by atoms with Crippen molar-refractivity contribution in [1.82, 2.24) is 24.3 Å². The van der Waals surface area contributed by atoms with Crippen LogP contribution in [0.2, 0.25) is 0 Å². The standard InChI is InChI=1S/C29H30N6/c1-2-20(19-34-14-6-15-34)17-26-33-27(28-29(30)31-13-16-35(26)28)23-10-9-22-11-12-24(32-25(22)18-23)21-7-4-3-5-8-21/h3-5,7-13,16,18,20H,2,6,14-15,17,19H2,1H3,(H2,30,31)/t20-/m0/s1. The summed E-state index contributed by atoms with van der Waals surface area (Å²) in [6, 6.07) is 20.8. The Kier molecular flexibility index (Phi) is 5.66. The highest BCUT2D eigenvalue weighted by atomic mass is 15.2. The molecule has 0 saturated carbocycles. The van der Waals surface area contributed by atoms with Crippen LogP contribution in [-0.2, 0) is 6.42 Å². The van der Waals surface area contributed by atoms with Gasteiger partial charge in [0.15, 0.2) is 0 Å². The molecule has 0 radical (unpaired) electrons. The predicted molar refractivity (Wildman–Crippen MR) is 142 cm³/mol. The zero-order valence-electron chi connectivity index (χ0n) is 20.1. The first-order valence-corrected chi connectivity index (χ1v) is 12.5. The van der Waals surface area contributed by atoms with E-state index in [4.69, 9.17) is 15.7 Å². The smallest absolute Gasteiger partial charge is 0.150 e. The van der Waals surface area contributed by atoms with Gasteiger partial charge in [-0.15, -0.1) is 0 Å². The van der Waals surface area contributed by atoms with Crippen LogP contribution in [0.3, 0.4) is 0 Å². The van der Waals surface area contributed by atoms with E-state index in [-0.39, 0.29) is 0 Å². The Morgan fingerprint density at radius 2 is 1.80 bits per heavy atom. The molecular formula is C29H30N6. The van der Waals surface area contributed by atoms with Crippen molar-refractivity contribution in [1.29, 1.82) is 0 Å². The van der Waals surface area contributed by atoms with E-state index in [0.29, 0.717) is 11.7 Å². The van der Waals surface area contributed by atoms with Crippen molar-refractivity contribution in [3.8, 4) is 22.5 Å². The Bertz CT molecular complexity index is 1490. The lowest BCUT2D eigenvalue weighted by Gasteiger charge is -2.33. The van der Waals surface area contributed by atoms with Crippen molar-refractivity contribution in [3.63, 3.8) is 0 Å². The van der Waals surface area contributed by atoms with Gasteiger partial charge in [0.25, 0.3) is 0 Å². The molecule has 2 aromatic carbocycles. The molecule has 0 unspecified atom stereocenters. The minimum atomic E-state index is 0.503. The molecule has 0 aliphatic carbocycles. The van der Waals surface area contributed by atoms with E-state index in [0.717, 1.165) is 64.1 Å². The van der Waals surface area contributed by atoms with Crippen molar-refractivity contribution in [2.75, 3.05) is 25.4 Å². The lowest BCUT2D eigenvalue weighted by molar-refractivity contribution is 0.149. The molecule has 176 valence electrons. The second-order valence-electron chi connectivity index (χ2n) is 9.51. The third-order valence-corrected chi connectivity index (χ3v) is 7.20. The van der Waals surface area contributed by atoms with E-state index in [2.05, 4.69) is 63.7 Å². The summed E-state index contributed by atoms with van der Waals surface area (Å²) in [7, 11) is 0. The fourth-order valence-electron chi connectivity index (χ4n) is 5.03. The third kappa shape index (κ3) is 4.15. The summed E-state index contributed by atoms with van der Waals surface area (Å²) >= 11 is 0. The number of fused-ring (bicyclic) bond motifs is 2. The fourth-order valence-corrected chi connectivity index (χ4v) is 5.03. The first kappa shape index (κ1) is 21.7. The molecule has 4 heterocycles. The summed E-state index contributed by atoms with van der Waals surface area (Å²) in [5.41, 5.74) is 12.2. The van der Waals surface area contributed by atoms with Crippen LogP contribution in [0.1, 0.15) is 25.6 Å². The molecular weight excluding hydrogens is 432 g/mol. The number of nitrogen functional groups attached to an aromatic ring is 1. The maximum Gasteiger partial charge on any atom is 0.150 e. The lowest BCUT2D eigenvalue weighted by Crippen LogP contribution is -2.40. The summed E-state index contributed by atoms with van der Waals surface area (Å²) in [5.74, 6) is 2.11. The molecule has 1 aliphatic heterocycles. The van der Waals surface area contributed by atoms with E-state index < -0.39 is 0 Å². The number of benzene rings is 2. The summed E-state index contributed by atoms with van der Waals surface area (Å²) < 4.78 is 2.13. The maximum atomic E-state index is 6.40. The normalized spacial score (nSPS) is 14.9. The summed E-state index contributed by atoms with van der Waals surface area (Å²) in [6.07, 6.45) is 7.12. The van der Waals surface area contributed by atoms with Gasteiger partial charge in [0.2, 0.25) is 0 Å². The number of aromatic nitrogens is 4. The Balaban J connectivity index is 1.42. The second-order valence-corrected chi connectivity index (χ2v) is 9.51. The highest BCUT2D eigenvalue weighted by Crippen LogP contribution is 2.32. The van der Waals surface area contributed by atoms with Crippen LogP contribution in [0.25, 0.3) is 38.9 Å². The van der Waals surface area contributed by atoms with Gasteiger partial charge in [0.1, 0.15) is 22.9 Å². The van der Waals surface area contributed by atoms with Gasteiger partial charge in [-0.05, 0) is 37.6 Å². The van der Waals surface area contributed by atoms with Crippen molar-refractivity contribution in [2.24, 2.45) is 5.92 Å². The van der Waals surface area contributed by atoms with Gasteiger partial charge in [-0.2, -0.15) is 0 Å². The van der Waals surface area contributed by atoms with Gasteiger partial charge in [-0.3, -0.25) is 4.40 Å². The highest BCUT2D eigenvalue weighted by Gasteiger charge is 2.22. The van der Waals surface area contributed by atoms with E-state index in [1.165, 1.54) is 19.5 Å². The van der Waals surface area contributed by atoms with Crippen molar-refractivity contribution in [3.05, 3.63) is 78.9 Å². The van der Waals surface area contributed by atoms with Crippen LogP contribution in [0, 0.1) is 5.92 Å². The number of nitrogens with zero attached hydrogens (tertiary/aromatic N) is 5. The van der Waals surface area contributed by atoms with Gasteiger partial charge in [0.05, 0.1) is 11.2 Å². The average molecular weight is 463 g/mol. The monoisotopic (exact) mass is 462 g/mol. The maximum absolute atomic E-state index is 6.40. The highest BCUT2D eigenvalue weighted by molar-refractivity contribution is 5.91.